The molecule has 1 aliphatic rings. The molecule has 1 aromatic heterocycles. The van der Waals surface area contributed by atoms with Gasteiger partial charge in [-0.2, -0.15) is 0 Å². The third-order valence-corrected chi connectivity index (χ3v) is 5.12. The lowest BCUT2D eigenvalue weighted by atomic mass is 10.2. The zero-order valence-corrected chi connectivity index (χ0v) is 15.9. The molecule has 2 amide bonds. The largest absolute Gasteiger partial charge is 0.463 e. The van der Waals surface area contributed by atoms with Crippen LogP contribution in [0.25, 0.3) is 0 Å². The fourth-order valence-electron chi connectivity index (χ4n) is 3.41. The second-order valence-electron chi connectivity index (χ2n) is 6.75. The van der Waals surface area contributed by atoms with Gasteiger partial charge in [-0.1, -0.05) is 11.6 Å². The maximum atomic E-state index is 12.2. The molecule has 27 heavy (non-hydrogen) atoms. The van der Waals surface area contributed by atoms with E-state index in [0.29, 0.717) is 17.1 Å². The summed E-state index contributed by atoms with van der Waals surface area (Å²) >= 11 is 5.81. The second-order valence-corrected chi connectivity index (χ2v) is 7.19. The first-order chi connectivity index (χ1) is 13.1. The van der Waals surface area contributed by atoms with E-state index in [2.05, 4.69) is 10.6 Å². The molecule has 0 radical (unpaired) electrons. The average Bonchev–Trinajstić information content (AvgIpc) is 3.37. The number of hydrogen-bond donors (Lipinski definition) is 3. The lowest BCUT2D eigenvalue weighted by Crippen LogP contribution is -3.11. The van der Waals surface area contributed by atoms with Gasteiger partial charge in [0.2, 0.25) is 5.91 Å². The van der Waals surface area contributed by atoms with Gasteiger partial charge in [0, 0.05) is 36.4 Å². The highest BCUT2D eigenvalue weighted by Gasteiger charge is 2.29. The normalized spacial score (nSPS) is 15.4. The number of likely N-dealkylation sites (tertiary alicyclic amines) is 1. The molecule has 7 heteroatoms. The van der Waals surface area contributed by atoms with E-state index in [9.17, 15) is 9.59 Å². The van der Waals surface area contributed by atoms with Crippen molar-refractivity contribution in [1.29, 1.82) is 0 Å². The number of carbonyl (C=O) groups is 2. The van der Waals surface area contributed by atoms with Crippen molar-refractivity contribution in [3.8, 4) is 0 Å². The lowest BCUT2D eigenvalue weighted by molar-refractivity contribution is -0.919. The van der Waals surface area contributed by atoms with Gasteiger partial charge < -0.3 is 20.0 Å². The van der Waals surface area contributed by atoms with Crippen LogP contribution in [-0.2, 0) is 4.79 Å². The number of amides is 2. The Kier molecular flexibility index (Phi) is 6.90. The minimum atomic E-state index is -0.213. The van der Waals surface area contributed by atoms with Crippen molar-refractivity contribution in [2.45, 2.75) is 25.3 Å². The molecule has 1 atom stereocenters. The summed E-state index contributed by atoms with van der Waals surface area (Å²) in [5.41, 5.74) is 0.523. The molecule has 1 fully saturated rings. The van der Waals surface area contributed by atoms with E-state index in [1.165, 1.54) is 17.7 Å². The predicted molar refractivity (Wildman–Crippen MR) is 103 cm³/mol. The predicted octanol–water partition coefficient (Wildman–Crippen LogP) is 1.59. The monoisotopic (exact) mass is 390 g/mol. The molecular formula is C20H25ClN3O3+. The van der Waals surface area contributed by atoms with E-state index in [-0.39, 0.29) is 30.8 Å². The molecule has 3 rings (SSSR count). The van der Waals surface area contributed by atoms with Crippen LogP contribution in [0.3, 0.4) is 0 Å². The van der Waals surface area contributed by atoms with E-state index in [1.807, 2.05) is 12.1 Å². The first kappa shape index (κ1) is 19.5. The maximum Gasteiger partial charge on any atom is 0.251 e. The van der Waals surface area contributed by atoms with Crippen LogP contribution in [0.4, 0.5) is 0 Å². The number of furan rings is 1. The van der Waals surface area contributed by atoms with Crippen LogP contribution in [0.5, 0.6) is 0 Å². The highest BCUT2D eigenvalue weighted by Crippen LogP contribution is 2.11. The third kappa shape index (κ3) is 5.58. The second kappa shape index (κ2) is 9.58. The third-order valence-electron chi connectivity index (χ3n) is 4.87. The standard InChI is InChI=1S/C20H24ClN3O3/c21-16-7-5-15(6-8-16)20(26)22-10-9-19(25)23-14-17(18-4-3-13-27-18)24-11-1-2-12-24/h3-8,13,17H,1-2,9-12,14H2,(H,22,26)(H,23,25)/p+1/t17-/m1/s1. The first-order valence-electron chi connectivity index (χ1n) is 9.32. The van der Waals surface area contributed by atoms with Crippen molar-refractivity contribution >= 4 is 23.4 Å². The number of carbonyl (C=O) groups excluding carboxylic acids is 2. The van der Waals surface area contributed by atoms with E-state index >= 15 is 0 Å². The molecule has 2 heterocycles. The summed E-state index contributed by atoms with van der Waals surface area (Å²) in [5, 5.41) is 6.31. The molecule has 1 aromatic carbocycles. The van der Waals surface area contributed by atoms with Crippen LogP contribution in [0.15, 0.2) is 47.1 Å². The molecule has 1 aliphatic heterocycles. The van der Waals surface area contributed by atoms with Crippen LogP contribution < -0.4 is 15.5 Å². The molecule has 0 spiro atoms. The van der Waals surface area contributed by atoms with Gasteiger partial charge in [0.15, 0.2) is 11.8 Å². The zero-order valence-electron chi connectivity index (χ0n) is 15.2. The van der Waals surface area contributed by atoms with Gasteiger partial charge >= 0.3 is 0 Å². The van der Waals surface area contributed by atoms with Gasteiger partial charge in [-0.3, -0.25) is 9.59 Å². The van der Waals surface area contributed by atoms with Crippen molar-refractivity contribution in [2.75, 3.05) is 26.2 Å². The Morgan fingerprint density at radius 2 is 1.85 bits per heavy atom. The van der Waals surface area contributed by atoms with Crippen molar-refractivity contribution < 1.29 is 18.9 Å². The molecule has 6 nitrogen and oxygen atoms in total. The number of rotatable bonds is 8. The highest BCUT2D eigenvalue weighted by atomic mass is 35.5. The summed E-state index contributed by atoms with van der Waals surface area (Å²) in [6.07, 6.45) is 4.32. The summed E-state index contributed by atoms with van der Waals surface area (Å²) in [7, 11) is 0. The zero-order chi connectivity index (χ0) is 19.1. The first-order valence-corrected chi connectivity index (χ1v) is 9.70. The fraction of sp³-hybridized carbons (Fsp3) is 0.400. The molecular weight excluding hydrogens is 366 g/mol. The summed E-state index contributed by atoms with van der Waals surface area (Å²) in [5.74, 6) is 0.610. The number of nitrogens with one attached hydrogen (secondary N) is 3. The van der Waals surface area contributed by atoms with Crippen molar-refractivity contribution in [1.82, 2.24) is 10.6 Å². The molecule has 1 saturated heterocycles. The summed E-state index contributed by atoms with van der Waals surface area (Å²) in [6, 6.07) is 10.6. The number of halogens is 1. The van der Waals surface area contributed by atoms with Gasteiger partial charge in [0.05, 0.1) is 25.9 Å². The quantitative estimate of drug-likeness (QED) is 0.640. The molecule has 2 aromatic rings. The lowest BCUT2D eigenvalue weighted by Gasteiger charge is -2.23. The van der Waals surface area contributed by atoms with E-state index in [1.54, 1.807) is 30.5 Å². The molecule has 0 aliphatic carbocycles. The van der Waals surface area contributed by atoms with Crippen molar-refractivity contribution in [3.63, 3.8) is 0 Å². The number of quaternary nitrogens is 1. The Bertz CT molecular complexity index is 740. The molecule has 3 N–H and O–H groups in total. The Balaban J connectivity index is 1.43. The summed E-state index contributed by atoms with van der Waals surface area (Å²) < 4.78 is 5.57. The minimum Gasteiger partial charge on any atom is -0.463 e. The Labute approximate surface area is 163 Å². The summed E-state index contributed by atoms with van der Waals surface area (Å²) in [4.78, 5) is 25.7. The van der Waals surface area contributed by atoms with E-state index in [4.69, 9.17) is 16.0 Å². The van der Waals surface area contributed by atoms with Crippen LogP contribution in [0.1, 0.15) is 41.4 Å². The van der Waals surface area contributed by atoms with Gasteiger partial charge in [-0.25, -0.2) is 0 Å². The van der Waals surface area contributed by atoms with Gasteiger partial charge in [0.25, 0.3) is 5.91 Å². The number of hydrogen-bond acceptors (Lipinski definition) is 3. The van der Waals surface area contributed by atoms with E-state index < -0.39 is 0 Å². The van der Waals surface area contributed by atoms with Crippen LogP contribution in [-0.4, -0.2) is 38.0 Å². The van der Waals surface area contributed by atoms with Crippen LogP contribution in [0, 0.1) is 0 Å². The number of benzene rings is 1. The van der Waals surface area contributed by atoms with Crippen molar-refractivity contribution in [2.24, 2.45) is 0 Å². The molecule has 0 saturated carbocycles. The average molecular weight is 391 g/mol. The SMILES string of the molecule is O=C(CCNC(=O)c1ccc(Cl)cc1)NC[C@H](c1ccco1)[NH+]1CCCC1. The minimum absolute atomic E-state index is 0.0819. The Hall–Kier alpha value is -2.31. The van der Waals surface area contributed by atoms with E-state index in [0.717, 1.165) is 18.8 Å². The van der Waals surface area contributed by atoms with Gasteiger partial charge in [-0.05, 0) is 36.4 Å². The Morgan fingerprint density at radius 3 is 2.52 bits per heavy atom. The van der Waals surface area contributed by atoms with Crippen LogP contribution in [0.2, 0.25) is 5.02 Å². The summed E-state index contributed by atoms with van der Waals surface area (Å²) in [6.45, 7) is 3.01. The van der Waals surface area contributed by atoms with Gasteiger partial charge in [-0.15, -0.1) is 0 Å². The Morgan fingerprint density at radius 1 is 1.11 bits per heavy atom. The van der Waals surface area contributed by atoms with Crippen molar-refractivity contribution in [3.05, 3.63) is 59.0 Å². The van der Waals surface area contributed by atoms with Gasteiger partial charge in [0.1, 0.15) is 0 Å². The highest BCUT2D eigenvalue weighted by molar-refractivity contribution is 6.30. The molecule has 0 bridgehead atoms. The molecule has 144 valence electrons. The maximum absolute atomic E-state index is 12.2. The fourth-order valence-corrected chi connectivity index (χ4v) is 3.54. The topological polar surface area (TPSA) is 75.8 Å². The van der Waals surface area contributed by atoms with Crippen LogP contribution >= 0.6 is 11.6 Å². The smallest absolute Gasteiger partial charge is 0.251 e. The molecule has 0 unspecified atom stereocenters.